The van der Waals surface area contributed by atoms with Gasteiger partial charge in [-0.15, -0.1) is 11.3 Å². The van der Waals surface area contributed by atoms with Gasteiger partial charge < -0.3 is 5.32 Å². The van der Waals surface area contributed by atoms with Crippen LogP contribution in [0.2, 0.25) is 0 Å². The number of hydrogen-bond donors (Lipinski definition) is 1. The van der Waals surface area contributed by atoms with Crippen LogP contribution in [0.15, 0.2) is 15.9 Å². The van der Waals surface area contributed by atoms with Crippen LogP contribution in [-0.2, 0) is 11.3 Å². The predicted octanol–water partition coefficient (Wildman–Crippen LogP) is 3.56. The Kier molecular flexibility index (Phi) is 5.32. The summed E-state index contributed by atoms with van der Waals surface area (Å²) in [5.74, 6) is 0.612. The largest absolute Gasteiger partial charge is 0.351 e. The highest BCUT2D eigenvalue weighted by atomic mass is 79.9. The van der Waals surface area contributed by atoms with Crippen molar-refractivity contribution in [2.24, 2.45) is 5.92 Å². The second-order valence-electron chi connectivity index (χ2n) is 3.69. The highest BCUT2D eigenvalue weighted by molar-refractivity contribution is 9.10. The lowest BCUT2D eigenvalue weighted by molar-refractivity contribution is -0.122. The zero-order chi connectivity index (χ0) is 11.3. The molecule has 0 bridgehead atoms. The minimum Gasteiger partial charge on any atom is -0.351 e. The van der Waals surface area contributed by atoms with E-state index in [9.17, 15) is 4.79 Å². The van der Waals surface area contributed by atoms with Crippen LogP contribution in [-0.4, -0.2) is 5.91 Å². The maximum absolute atomic E-state index is 11.5. The van der Waals surface area contributed by atoms with Gasteiger partial charge in [0.15, 0.2) is 0 Å². The molecular weight excluding hydrogens is 274 g/mol. The van der Waals surface area contributed by atoms with E-state index in [0.29, 0.717) is 18.9 Å². The summed E-state index contributed by atoms with van der Waals surface area (Å²) in [4.78, 5) is 12.7. The number of halogens is 1. The van der Waals surface area contributed by atoms with Crippen molar-refractivity contribution in [2.75, 3.05) is 0 Å². The number of carbonyl (C=O) groups is 1. The normalized spacial score (nSPS) is 12.5. The third kappa shape index (κ3) is 4.34. The molecule has 15 heavy (non-hydrogen) atoms. The van der Waals surface area contributed by atoms with E-state index in [1.54, 1.807) is 11.3 Å². The smallest absolute Gasteiger partial charge is 0.220 e. The Bertz CT molecular complexity index is 324. The molecule has 1 aromatic rings. The molecular formula is C11H16BrNOS. The highest BCUT2D eigenvalue weighted by Crippen LogP contribution is 2.22. The molecule has 1 rings (SSSR count). The van der Waals surface area contributed by atoms with Crippen LogP contribution in [0.1, 0.15) is 31.6 Å². The number of carbonyl (C=O) groups excluding carboxylic acids is 1. The van der Waals surface area contributed by atoms with Crippen LogP contribution < -0.4 is 5.32 Å². The Morgan fingerprint density at radius 1 is 1.67 bits per heavy atom. The Morgan fingerprint density at radius 3 is 2.93 bits per heavy atom. The molecule has 1 atom stereocenters. The van der Waals surface area contributed by atoms with Crippen molar-refractivity contribution in [1.82, 2.24) is 5.32 Å². The van der Waals surface area contributed by atoms with Gasteiger partial charge in [0.1, 0.15) is 0 Å². The highest BCUT2D eigenvalue weighted by Gasteiger charge is 2.08. The van der Waals surface area contributed by atoms with Crippen molar-refractivity contribution in [1.29, 1.82) is 0 Å². The lowest BCUT2D eigenvalue weighted by Crippen LogP contribution is -2.24. The minimum atomic E-state index is 0.143. The molecule has 0 aliphatic carbocycles. The molecule has 0 aliphatic rings. The van der Waals surface area contributed by atoms with E-state index < -0.39 is 0 Å². The number of thiophene rings is 1. The molecule has 0 spiro atoms. The van der Waals surface area contributed by atoms with E-state index in [1.165, 1.54) is 4.88 Å². The van der Waals surface area contributed by atoms with Crippen molar-refractivity contribution in [3.05, 3.63) is 20.8 Å². The Labute approximate surface area is 103 Å². The van der Waals surface area contributed by atoms with Crippen LogP contribution in [0.25, 0.3) is 0 Å². The molecule has 0 aliphatic heterocycles. The lowest BCUT2D eigenvalue weighted by Gasteiger charge is -2.08. The number of nitrogens with one attached hydrogen (secondary N) is 1. The van der Waals surface area contributed by atoms with Crippen molar-refractivity contribution < 1.29 is 4.79 Å². The van der Waals surface area contributed by atoms with Gasteiger partial charge in [-0.3, -0.25) is 4.79 Å². The topological polar surface area (TPSA) is 29.1 Å². The molecule has 1 unspecified atom stereocenters. The number of amides is 1. The first-order chi connectivity index (χ1) is 7.13. The van der Waals surface area contributed by atoms with E-state index in [-0.39, 0.29) is 5.91 Å². The maximum Gasteiger partial charge on any atom is 0.220 e. The van der Waals surface area contributed by atoms with E-state index in [4.69, 9.17) is 0 Å². The summed E-state index contributed by atoms with van der Waals surface area (Å²) in [6.45, 7) is 4.84. The summed E-state index contributed by atoms with van der Waals surface area (Å²) in [5, 5.41) is 4.95. The summed E-state index contributed by atoms with van der Waals surface area (Å²) >= 11 is 5.09. The average molecular weight is 290 g/mol. The second-order valence-corrected chi connectivity index (χ2v) is 5.54. The zero-order valence-electron chi connectivity index (χ0n) is 9.05. The van der Waals surface area contributed by atoms with Crippen molar-refractivity contribution >= 4 is 33.2 Å². The van der Waals surface area contributed by atoms with E-state index in [2.05, 4.69) is 35.1 Å². The molecule has 0 saturated carbocycles. The fourth-order valence-electron chi connectivity index (χ4n) is 1.16. The fourth-order valence-corrected chi connectivity index (χ4v) is 2.60. The van der Waals surface area contributed by atoms with Gasteiger partial charge in [0.05, 0.1) is 6.54 Å². The van der Waals surface area contributed by atoms with Crippen LogP contribution in [0.3, 0.4) is 0 Å². The molecule has 4 heteroatoms. The summed E-state index contributed by atoms with van der Waals surface area (Å²) in [6.07, 6.45) is 1.68. The molecule has 0 saturated heterocycles. The summed E-state index contributed by atoms with van der Waals surface area (Å²) in [7, 11) is 0. The van der Waals surface area contributed by atoms with E-state index in [0.717, 1.165) is 10.9 Å². The summed E-state index contributed by atoms with van der Waals surface area (Å²) in [6, 6.07) is 2.00. The van der Waals surface area contributed by atoms with Gasteiger partial charge in [0.25, 0.3) is 0 Å². The standard InChI is InChI=1S/C11H16BrNOS/c1-3-8(2)6-11(14)13-7-10-9(12)4-5-15-10/h4-5,8H,3,6-7H2,1-2H3,(H,13,14). The van der Waals surface area contributed by atoms with E-state index >= 15 is 0 Å². The SMILES string of the molecule is CCC(C)CC(=O)NCc1sccc1Br. The quantitative estimate of drug-likeness (QED) is 0.882. The van der Waals surface area contributed by atoms with Gasteiger partial charge in [0.2, 0.25) is 5.91 Å². The molecule has 0 aromatic carbocycles. The molecule has 1 heterocycles. The van der Waals surface area contributed by atoms with Gasteiger partial charge in [-0.2, -0.15) is 0 Å². The Morgan fingerprint density at radius 2 is 2.40 bits per heavy atom. The molecule has 84 valence electrons. The third-order valence-corrected chi connectivity index (χ3v) is 4.29. The van der Waals surface area contributed by atoms with Gasteiger partial charge in [-0.1, -0.05) is 20.3 Å². The first-order valence-electron chi connectivity index (χ1n) is 5.12. The minimum absolute atomic E-state index is 0.143. The van der Waals surface area contributed by atoms with Gasteiger partial charge in [-0.25, -0.2) is 0 Å². The third-order valence-electron chi connectivity index (χ3n) is 2.37. The number of rotatable bonds is 5. The maximum atomic E-state index is 11.5. The summed E-state index contributed by atoms with van der Waals surface area (Å²) < 4.78 is 1.08. The molecule has 0 fully saturated rings. The number of hydrogen-bond acceptors (Lipinski definition) is 2. The Balaban J connectivity index is 2.31. The first-order valence-corrected chi connectivity index (χ1v) is 6.79. The van der Waals surface area contributed by atoms with Crippen LogP contribution in [0, 0.1) is 5.92 Å². The fraction of sp³-hybridized carbons (Fsp3) is 0.545. The van der Waals surface area contributed by atoms with Crippen LogP contribution in [0.5, 0.6) is 0 Å². The molecule has 0 radical (unpaired) electrons. The molecule has 1 N–H and O–H groups in total. The molecule has 2 nitrogen and oxygen atoms in total. The predicted molar refractivity (Wildman–Crippen MR) is 67.9 cm³/mol. The molecule has 1 aromatic heterocycles. The lowest BCUT2D eigenvalue weighted by atomic mass is 10.1. The van der Waals surface area contributed by atoms with Crippen LogP contribution >= 0.6 is 27.3 Å². The Hall–Kier alpha value is -0.350. The van der Waals surface area contributed by atoms with Crippen molar-refractivity contribution in [2.45, 2.75) is 33.2 Å². The van der Waals surface area contributed by atoms with Crippen molar-refractivity contribution in [3.63, 3.8) is 0 Å². The monoisotopic (exact) mass is 289 g/mol. The zero-order valence-corrected chi connectivity index (χ0v) is 11.5. The van der Waals surface area contributed by atoms with Crippen molar-refractivity contribution in [3.8, 4) is 0 Å². The summed E-state index contributed by atoms with van der Waals surface area (Å²) in [5.41, 5.74) is 0. The van der Waals surface area contributed by atoms with E-state index in [1.807, 2.05) is 11.4 Å². The molecule has 1 amide bonds. The van der Waals surface area contributed by atoms with Gasteiger partial charge in [-0.05, 0) is 33.3 Å². The van der Waals surface area contributed by atoms with Gasteiger partial charge >= 0.3 is 0 Å². The average Bonchev–Trinajstić information content (AvgIpc) is 2.61. The van der Waals surface area contributed by atoms with Crippen LogP contribution in [0.4, 0.5) is 0 Å². The second kappa shape index (κ2) is 6.28. The first kappa shape index (κ1) is 12.7. The van der Waals surface area contributed by atoms with Gasteiger partial charge in [0, 0.05) is 15.8 Å².